The van der Waals surface area contributed by atoms with E-state index in [1.165, 1.54) is 25.7 Å². The normalized spacial score (nSPS) is 15.4. The summed E-state index contributed by atoms with van der Waals surface area (Å²) >= 11 is 0. The van der Waals surface area contributed by atoms with Gasteiger partial charge in [-0.3, -0.25) is 0 Å². The summed E-state index contributed by atoms with van der Waals surface area (Å²) in [5.41, 5.74) is 0. The van der Waals surface area contributed by atoms with E-state index in [9.17, 15) is 0 Å². The van der Waals surface area contributed by atoms with Gasteiger partial charge in [-0.15, -0.1) is 0 Å². The Morgan fingerprint density at radius 3 is 2.19 bits per heavy atom. The minimum absolute atomic E-state index is 0.653. The van der Waals surface area contributed by atoms with E-state index >= 15 is 0 Å². The van der Waals surface area contributed by atoms with Gasteiger partial charge >= 0.3 is 0 Å². The molecule has 98 valence electrons. The molecule has 2 atom stereocenters. The first-order valence-corrected chi connectivity index (χ1v) is 6.91. The number of hydrogen-bond donors (Lipinski definition) is 1. The second-order valence-corrected chi connectivity index (χ2v) is 4.93. The summed E-state index contributed by atoms with van der Waals surface area (Å²) in [5, 5.41) is 3.71. The van der Waals surface area contributed by atoms with Crippen LogP contribution in [0.25, 0.3) is 0 Å². The van der Waals surface area contributed by atoms with E-state index in [0.717, 1.165) is 19.1 Å². The molecule has 0 aliphatic carbocycles. The maximum atomic E-state index is 5.23. The Hall–Kier alpha value is -0.0800. The lowest BCUT2D eigenvalue weighted by Gasteiger charge is -2.28. The van der Waals surface area contributed by atoms with Crippen LogP contribution in [0.2, 0.25) is 0 Å². The molecule has 0 aromatic rings. The van der Waals surface area contributed by atoms with Crippen LogP contribution in [0.1, 0.15) is 53.4 Å². The lowest BCUT2D eigenvalue weighted by Crippen LogP contribution is -2.38. The predicted octanol–water partition coefficient (Wildman–Crippen LogP) is 3.46. The van der Waals surface area contributed by atoms with Crippen molar-refractivity contribution in [2.24, 2.45) is 11.8 Å². The smallest absolute Gasteiger partial charge is 0.0488 e. The molecule has 2 unspecified atom stereocenters. The Morgan fingerprint density at radius 2 is 1.75 bits per heavy atom. The van der Waals surface area contributed by atoms with E-state index in [1.807, 2.05) is 0 Å². The Kier molecular flexibility index (Phi) is 10.0. The number of hydrogen-bond acceptors (Lipinski definition) is 2. The highest BCUT2D eigenvalue weighted by Gasteiger charge is 2.19. The van der Waals surface area contributed by atoms with Crippen LogP contribution in [0.4, 0.5) is 0 Å². The average Bonchev–Trinajstić information content (AvgIpc) is 2.27. The number of methoxy groups -OCH3 is 1. The monoisotopic (exact) mass is 229 g/mol. The molecule has 2 nitrogen and oxygen atoms in total. The van der Waals surface area contributed by atoms with Crippen molar-refractivity contribution >= 4 is 0 Å². The summed E-state index contributed by atoms with van der Waals surface area (Å²) in [4.78, 5) is 0. The summed E-state index contributed by atoms with van der Waals surface area (Å²) in [6, 6.07) is 0.667. The van der Waals surface area contributed by atoms with Crippen LogP contribution in [-0.4, -0.2) is 26.3 Å². The molecule has 0 bridgehead atoms. The quantitative estimate of drug-likeness (QED) is 0.619. The second kappa shape index (κ2) is 10.1. The number of nitrogens with one attached hydrogen (secondary N) is 1. The lowest BCUT2D eigenvalue weighted by molar-refractivity contribution is 0.141. The third kappa shape index (κ3) is 6.49. The van der Waals surface area contributed by atoms with Gasteiger partial charge in [0, 0.05) is 19.8 Å². The summed E-state index contributed by atoms with van der Waals surface area (Å²) < 4.78 is 5.23. The topological polar surface area (TPSA) is 21.3 Å². The average molecular weight is 229 g/mol. The summed E-state index contributed by atoms with van der Waals surface area (Å²) in [6.07, 6.45) is 5.00. The minimum atomic E-state index is 0.653. The highest BCUT2D eigenvalue weighted by Crippen LogP contribution is 2.19. The maximum Gasteiger partial charge on any atom is 0.0488 e. The van der Waals surface area contributed by atoms with Crippen molar-refractivity contribution in [3.63, 3.8) is 0 Å². The molecule has 0 heterocycles. The molecule has 0 aliphatic rings. The van der Waals surface area contributed by atoms with Crippen molar-refractivity contribution in [2.45, 2.75) is 59.4 Å². The third-order valence-corrected chi connectivity index (χ3v) is 3.38. The van der Waals surface area contributed by atoms with Crippen LogP contribution >= 0.6 is 0 Å². The van der Waals surface area contributed by atoms with E-state index in [4.69, 9.17) is 4.74 Å². The molecule has 0 aromatic carbocycles. The van der Waals surface area contributed by atoms with Gasteiger partial charge in [0.15, 0.2) is 0 Å². The van der Waals surface area contributed by atoms with Gasteiger partial charge in [-0.2, -0.15) is 0 Å². The summed E-state index contributed by atoms with van der Waals surface area (Å²) in [6.45, 7) is 11.1. The molecular formula is C14H31NO. The van der Waals surface area contributed by atoms with Crippen molar-refractivity contribution < 1.29 is 4.74 Å². The summed E-state index contributed by atoms with van der Waals surface area (Å²) in [7, 11) is 1.79. The van der Waals surface area contributed by atoms with Gasteiger partial charge in [-0.25, -0.2) is 0 Å². The van der Waals surface area contributed by atoms with Gasteiger partial charge in [0.1, 0.15) is 0 Å². The molecule has 16 heavy (non-hydrogen) atoms. The fourth-order valence-corrected chi connectivity index (χ4v) is 2.42. The lowest BCUT2D eigenvalue weighted by atomic mass is 9.88. The second-order valence-electron chi connectivity index (χ2n) is 4.93. The molecule has 0 radical (unpaired) electrons. The Labute approximate surface area is 102 Å². The molecular weight excluding hydrogens is 198 g/mol. The van der Waals surface area contributed by atoms with E-state index in [0.29, 0.717) is 12.0 Å². The fourth-order valence-electron chi connectivity index (χ4n) is 2.42. The van der Waals surface area contributed by atoms with E-state index in [2.05, 4.69) is 33.0 Å². The zero-order valence-electron chi connectivity index (χ0n) is 11.9. The van der Waals surface area contributed by atoms with E-state index < -0.39 is 0 Å². The van der Waals surface area contributed by atoms with Gasteiger partial charge < -0.3 is 10.1 Å². The fraction of sp³-hybridized carbons (Fsp3) is 1.00. The van der Waals surface area contributed by atoms with E-state index in [1.54, 1.807) is 7.11 Å². The summed E-state index contributed by atoms with van der Waals surface area (Å²) in [5.74, 6) is 1.46. The van der Waals surface area contributed by atoms with Crippen molar-refractivity contribution in [3.05, 3.63) is 0 Å². The van der Waals surface area contributed by atoms with Crippen molar-refractivity contribution in [3.8, 4) is 0 Å². The zero-order chi connectivity index (χ0) is 12.4. The first-order chi connectivity index (χ1) is 7.69. The third-order valence-electron chi connectivity index (χ3n) is 3.38. The molecule has 0 aromatic heterocycles. The first-order valence-electron chi connectivity index (χ1n) is 6.91. The zero-order valence-corrected chi connectivity index (χ0v) is 11.9. The molecule has 0 aliphatic heterocycles. The Bertz CT molecular complexity index is 146. The molecule has 2 heteroatoms. The van der Waals surface area contributed by atoms with Crippen LogP contribution in [0.15, 0.2) is 0 Å². The molecule has 0 rings (SSSR count). The van der Waals surface area contributed by atoms with Crippen molar-refractivity contribution in [1.29, 1.82) is 0 Å². The van der Waals surface area contributed by atoms with Gasteiger partial charge in [-0.1, -0.05) is 40.5 Å². The highest BCUT2D eigenvalue weighted by atomic mass is 16.5. The Balaban J connectivity index is 4.17. The van der Waals surface area contributed by atoms with Gasteiger partial charge in [0.2, 0.25) is 0 Å². The number of rotatable bonds is 10. The standard InChI is InChI=1S/C14H31NO/c1-6-9-15-14(13(7-2)8-3)10-12(4)11-16-5/h12-15H,6-11H2,1-5H3. The van der Waals surface area contributed by atoms with Gasteiger partial charge in [0.05, 0.1) is 0 Å². The molecule has 0 amide bonds. The maximum absolute atomic E-state index is 5.23. The van der Waals surface area contributed by atoms with Crippen LogP contribution < -0.4 is 5.32 Å². The molecule has 1 N–H and O–H groups in total. The number of ether oxygens (including phenoxy) is 1. The molecule has 0 fully saturated rings. The SMILES string of the molecule is CCCNC(CC(C)COC)C(CC)CC. The van der Waals surface area contributed by atoms with Crippen LogP contribution in [-0.2, 0) is 4.74 Å². The van der Waals surface area contributed by atoms with Gasteiger partial charge in [-0.05, 0) is 31.2 Å². The predicted molar refractivity (Wildman–Crippen MR) is 71.8 cm³/mol. The highest BCUT2D eigenvalue weighted by molar-refractivity contribution is 4.76. The molecule has 0 saturated carbocycles. The largest absolute Gasteiger partial charge is 0.384 e. The Morgan fingerprint density at radius 1 is 1.12 bits per heavy atom. The van der Waals surface area contributed by atoms with Gasteiger partial charge in [0.25, 0.3) is 0 Å². The molecule has 0 saturated heterocycles. The van der Waals surface area contributed by atoms with E-state index in [-0.39, 0.29) is 0 Å². The van der Waals surface area contributed by atoms with Crippen molar-refractivity contribution in [1.82, 2.24) is 5.32 Å². The van der Waals surface area contributed by atoms with Crippen LogP contribution in [0.5, 0.6) is 0 Å². The van der Waals surface area contributed by atoms with Crippen LogP contribution in [0.3, 0.4) is 0 Å². The molecule has 0 spiro atoms. The van der Waals surface area contributed by atoms with Crippen molar-refractivity contribution in [2.75, 3.05) is 20.3 Å². The minimum Gasteiger partial charge on any atom is -0.384 e. The van der Waals surface area contributed by atoms with Crippen LogP contribution in [0, 0.1) is 11.8 Å². The first kappa shape index (κ1) is 15.9.